The molecule has 31 heavy (non-hydrogen) atoms. The van der Waals surface area contributed by atoms with E-state index >= 15 is 0 Å². The number of nitrogens with zero attached hydrogens (tertiary/aromatic N) is 3. The quantitative estimate of drug-likeness (QED) is 0.522. The van der Waals surface area contributed by atoms with Gasteiger partial charge in [0.15, 0.2) is 17.5 Å². The van der Waals surface area contributed by atoms with Crippen molar-refractivity contribution in [2.45, 2.75) is 13.3 Å². The molecule has 0 aliphatic heterocycles. The summed E-state index contributed by atoms with van der Waals surface area (Å²) < 4.78 is 42.1. The second-order valence-corrected chi connectivity index (χ2v) is 6.71. The molecular formula is C20H21F3N4O4. The van der Waals surface area contributed by atoms with Gasteiger partial charge in [-0.25, -0.2) is 18.0 Å². The number of anilines is 1. The number of aryl methyl sites for hydroxylation is 1. The van der Waals surface area contributed by atoms with Gasteiger partial charge in [-0.1, -0.05) is 6.92 Å². The number of aromatic nitrogens is 2. The van der Waals surface area contributed by atoms with Gasteiger partial charge < -0.3 is 14.8 Å². The van der Waals surface area contributed by atoms with Crippen molar-refractivity contribution in [3.05, 3.63) is 68.3 Å². The summed E-state index contributed by atoms with van der Waals surface area (Å²) in [6, 6.07) is 1.53. The molecule has 1 heterocycles. The summed E-state index contributed by atoms with van der Waals surface area (Å²) in [5.41, 5.74) is -1.59. The third kappa shape index (κ3) is 5.50. The standard InChI is InChI=1S/C20H21F3N4O4/c1-4-9-27(11-15(28)24-14-7-6-13(21)17(22)18(14)23)16(29)8-5-12-10-25(2)20(31)26(3)19(12)30/h5-8,10H,4,9,11H2,1-3H3,(H,24,28). The first-order valence-corrected chi connectivity index (χ1v) is 9.23. The largest absolute Gasteiger partial charge is 0.330 e. The molecule has 166 valence electrons. The Morgan fingerprint density at radius 2 is 1.81 bits per heavy atom. The molecule has 1 aromatic carbocycles. The molecule has 1 N–H and O–H groups in total. The summed E-state index contributed by atoms with van der Waals surface area (Å²) in [6.45, 7) is 1.45. The van der Waals surface area contributed by atoms with Crippen molar-refractivity contribution in [1.29, 1.82) is 0 Å². The van der Waals surface area contributed by atoms with Crippen LogP contribution in [0.3, 0.4) is 0 Å². The van der Waals surface area contributed by atoms with Crippen molar-refractivity contribution in [2.24, 2.45) is 14.1 Å². The SMILES string of the molecule is CCCN(CC(=O)Nc1ccc(F)c(F)c1F)C(=O)C=Cc1cn(C)c(=O)n(C)c1=O. The average Bonchev–Trinajstić information content (AvgIpc) is 2.73. The molecular weight excluding hydrogens is 417 g/mol. The normalized spacial score (nSPS) is 11.0. The van der Waals surface area contributed by atoms with Gasteiger partial charge in [0.2, 0.25) is 11.8 Å². The second kappa shape index (κ2) is 9.92. The van der Waals surface area contributed by atoms with E-state index in [1.807, 2.05) is 0 Å². The van der Waals surface area contributed by atoms with Gasteiger partial charge in [0.05, 0.1) is 11.3 Å². The summed E-state index contributed by atoms with van der Waals surface area (Å²) in [6.07, 6.45) is 4.06. The van der Waals surface area contributed by atoms with E-state index < -0.39 is 52.7 Å². The average molecular weight is 438 g/mol. The number of benzene rings is 1. The van der Waals surface area contributed by atoms with Crippen LogP contribution in [0.5, 0.6) is 0 Å². The van der Waals surface area contributed by atoms with Crippen molar-refractivity contribution < 1.29 is 22.8 Å². The monoisotopic (exact) mass is 438 g/mol. The Hall–Kier alpha value is -3.63. The first kappa shape index (κ1) is 23.6. The van der Waals surface area contributed by atoms with E-state index in [4.69, 9.17) is 0 Å². The van der Waals surface area contributed by atoms with Crippen molar-refractivity contribution in [1.82, 2.24) is 14.0 Å². The molecule has 0 saturated heterocycles. The molecule has 8 nitrogen and oxygen atoms in total. The highest BCUT2D eigenvalue weighted by molar-refractivity contribution is 5.98. The van der Waals surface area contributed by atoms with E-state index in [0.717, 1.165) is 21.6 Å². The van der Waals surface area contributed by atoms with Crippen LogP contribution >= 0.6 is 0 Å². The van der Waals surface area contributed by atoms with Crippen LogP contribution < -0.4 is 16.6 Å². The van der Waals surface area contributed by atoms with Crippen molar-refractivity contribution in [2.75, 3.05) is 18.4 Å². The molecule has 0 unspecified atom stereocenters. The van der Waals surface area contributed by atoms with Crippen LogP contribution in [0.15, 0.2) is 34.0 Å². The number of carbonyl (C=O) groups is 2. The molecule has 2 aromatic rings. The number of hydrogen-bond donors (Lipinski definition) is 1. The van der Waals surface area contributed by atoms with E-state index in [1.165, 1.54) is 30.9 Å². The molecule has 0 bridgehead atoms. The van der Waals surface area contributed by atoms with Crippen LogP contribution in [-0.2, 0) is 23.7 Å². The van der Waals surface area contributed by atoms with E-state index in [1.54, 1.807) is 6.92 Å². The fourth-order valence-electron chi connectivity index (χ4n) is 2.74. The lowest BCUT2D eigenvalue weighted by atomic mass is 10.2. The van der Waals surface area contributed by atoms with Crippen LogP contribution in [0.1, 0.15) is 18.9 Å². The zero-order valence-corrected chi connectivity index (χ0v) is 17.1. The number of nitrogens with one attached hydrogen (secondary N) is 1. The Morgan fingerprint density at radius 1 is 1.13 bits per heavy atom. The number of hydrogen-bond acceptors (Lipinski definition) is 4. The molecule has 0 aliphatic carbocycles. The molecule has 2 rings (SSSR count). The Balaban J connectivity index is 2.17. The maximum absolute atomic E-state index is 13.7. The van der Waals surface area contributed by atoms with Gasteiger partial charge in [-0.15, -0.1) is 0 Å². The molecule has 0 saturated carbocycles. The van der Waals surface area contributed by atoms with E-state index in [-0.39, 0.29) is 12.1 Å². The summed E-state index contributed by atoms with van der Waals surface area (Å²) in [5.74, 6) is -6.10. The fraction of sp³-hybridized carbons (Fsp3) is 0.300. The highest BCUT2D eigenvalue weighted by atomic mass is 19.2. The zero-order valence-electron chi connectivity index (χ0n) is 17.1. The van der Waals surface area contributed by atoms with Crippen molar-refractivity contribution >= 4 is 23.6 Å². The highest BCUT2D eigenvalue weighted by Crippen LogP contribution is 2.19. The second-order valence-electron chi connectivity index (χ2n) is 6.71. The van der Waals surface area contributed by atoms with Crippen molar-refractivity contribution in [3.8, 4) is 0 Å². The third-order valence-corrected chi connectivity index (χ3v) is 4.33. The smallest absolute Gasteiger partial charge is 0.330 e. The number of rotatable bonds is 7. The van der Waals surface area contributed by atoms with E-state index in [9.17, 15) is 32.3 Å². The Morgan fingerprint density at radius 3 is 2.45 bits per heavy atom. The Labute approximate surface area is 175 Å². The number of carbonyl (C=O) groups excluding carboxylic acids is 2. The van der Waals surface area contributed by atoms with Gasteiger partial charge in [-0.2, -0.15) is 0 Å². The number of amides is 2. The van der Waals surface area contributed by atoms with Crippen LogP contribution in [0.4, 0.5) is 18.9 Å². The van der Waals surface area contributed by atoms with Crippen LogP contribution in [0.25, 0.3) is 6.08 Å². The van der Waals surface area contributed by atoms with Crippen molar-refractivity contribution in [3.63, 3.8) is 0 Å². The lowest BCUT2D eigenvalue weighted by Crippen LogP contribution is -2.38. The first-order valence-electron chi connectivity index (χ1n) is 9.23. The Kier molecular flexibility index (Phi) is 7.56. The summed E-state index contributed by atoms with van der Waals surface area (Å²) in [5, 5.41) is 2.10. The molecule has 0 aliphatic rings. The van der Waals surface area contributed by atoms with Gasteiger partial charge in [0.1, 0.15) is 6.54 Å². The predicted octanol–water partition coefficient (Wildman–Crippen LogP) is 1.39. The minimum absolute atomic E-state index is 0.0858. The minimum Gasteiger partial charge on any atom is -0.330 e. The minimum atomic E-state index is -1.72. The van der Waals surface area contributed by atoms with Crippen LogP contribution in [0.2, 0.25) is 0 Å². The molecule has 1 aromatic heterocycles. The molecule has 0 radical (unpaired) electrons. The highest BCUT2D eigenvalue weighted by Gasteiger charge is 2.18. The van der Waals surface area contributed by atoms with E-state index in [0.29, 0.717) is 12.5 Å². The predicted molar refractivity (Wildman–Crippen MR) is 108 cm³/mol. The molecule has 0 fully saturated rings. The molecule has 11 heteroatoms. The maximum atomic E-state index is 13.7. The molecule has 0 spiro atoms. The first-order chi connectivity index (χ1) is 14.6. The number of halogens is 3. The van der Waals surface area contributed by atoms with Gasteiger partial charge in [0.25, 0.3) is 5.56 Å². The lowest BCUT2D eigenvalue weighted by molar-refractivity contribution is -0.130. The summed E-state index contributed by atoms with van der Waals surface area (Å²) >= 11 is 0. The lowest BCUT2D eigenvalue weighted by Gasteiger charge is -2.20. The van der Waals surface area contributed by atoms with Gasteiger partial charge in [-0.05, 0) is 24.6 Å². The summed E-state index contributed by atoms with van der Waals surface area (Å²) in [7, 11) is 2.75. The van der Waals surface area contributed by atoms with Gasteiger partial charge in [0, 0.05) is 32.9 Å². The molecule has 2 amide bonds. The molecule has 0 atom stereocenters. The van der Waals surface area contributed by atoms with Gasteiger partial charge >= 0.3 is 5.69 Å². The summed E-state index contributed by atoms with van der Waals surface area (Å²) in [4.78, 5) is 49.7. The van der Waals surface area contributed by atoms with E-state index in [2.05, 4.69) is 5.32 Å². The topological polar surface area (TPSA) is 93.4 Å². The van der Waals surface area contributed by atoms with Crippen LogP contribution in [0, 0.1) is 17.5 Å². The van der Waals surface area contributed by atoms with Gasteiger partial charge in [-0.3, -0.25) is 19.0 Å². The Bertz CT molecular complexity index is 1150. The third-order valence-electron chi connectivity index (χ3n) is 4.33. The zero-order chi connectivity index (χ0) is 23.3. The maximum Gasteiger partial charge on any atom is 0.330 e. The fourth-order valence-corrected chi connectivity index (χ4v) is 2.74. The van der Waals surface area contributed by atoms with Crippen LogP contribution in [-0.4, -0.2) is 38.9 Å².